The van der Waals surface area contributed by atoms with E-state index in [4.69, 9.17) is 9.84 Å². The highest BCUT2D eigenvalue weighted by molar-refractivity contribution is 5.78. The molecule has 1 amide bonds. The first-order chi connectivity index (χ1) is 10.0. The molecule has 7 heteroatoms. The first-order valence-corrected chi connectivity index (χ1v) is 6.85. The fourth-order valence-electron chi connectivity index (χ4n) is 2.22. The molecule has 1 unspecified atom stereocenters. The molecule has 21 heavy (non-hydrogen) atoms. The average Bonchev–Trinajstić information content (AvgIpc) is 2.99. The van der Waals surface area contributed by atoms with Crippen LogP contribution < -0.4 is 10.3 Å². The Morgan fingerprint density at radius 1 is 1.38 bits per heavy atom. The molecule has 0 aromatic carbocycles. The lowest BCUT2D eigenvalue weighted by Gasteiger charge is -2.16. The lowest BCUT2D eigenvalue weighted by atomic mass is 10.3. The van der Waals surface area contributed by atoms with Crippen LogP contribution in [-0.2, 0) is 9.59 Å². The van der Waals surface area contributed by atoms with E-state index in [0.717, 1.165) is 30.5 Å². The molecule has 0 radical (unpaired) electrons. The van der Waals surface area contributed by atoms with Gasteiger partial charge in [-0.25, -0.2) is 4.79 Å². The first kappa shape index (κ1) is 15.1. The summed E-state index contributed by atoms with van der Waals surface area (Å²) in [4.78, 5) is 36.6. The van der Waals surface area contributed by atoms with Crippen LogP contribution in [0.2, 0.25) is 0 Å². The maximum atomic E-state index is 12.1. The van der Waals surface area contributed by atoms with Crippen LogP contribution in [0.4, 0.5) is 0 Å². The summed E-state index contributed by atoms with van der Waals surface area (Å²) in [5.74, 6) is -1.28. The Bertz CT molecular complexity index is 589. The molecular weight excluding hydrogens is 276 g/mol. The Hall–Kier alpha value is -2.31. The van der Waals surface area contributed by atoms with E-state index in [2.05, 4.69) is 0 Å². The molecule has 0 bridgehead atoms. The highest BCUT2D eigenvalue weighted by Crippen LogP contribution is 2.10. The standard InChI is InChI=1S/C14H18N2O5/c1-10(14(19)20)16-8-4-5-11(13(16)18)21-9-12(17)15-6-2-3-7-15/h4-5,8,10H,2-3,6-7,9H2,1H3,(H,19,20). The maximum Gasteiger partial charge on any atom is 0.326 e. The van der Waals surface area contributed by atoms with Gasteiger partial charge in [0.25, 0.3) is 11.5 Å². The summed E-state index contributed by atoms with van der Waals surface area (Å²) in [5, 5.41) is 8.95. The zero-order valence-electron chi connectivity index (χ0n) is 11.8. The van der Waals surface area contributed by atoms with Gasteiger partial charge < -0.3 is 14.7 Å². The molecule has 1 aliphatic heterocycles. The molecule has 0 saturated carbocycles. The van der Waals surface area contributed by atoms with Crippen LogP contribution in [0.5, 0.6) is 5.75 Å². The van der Waals surface area contributed by atoms with Crippen molar-refractivity contribution < 1.29 is 19.4 Å². The van der Waals surface area contributed by atoms with Gasteiger partial charge in [0, 0.05) is 19.3 Å². The number of nitrogens with zero attached hydrogens (tertiary/aromatic N) is 2. The van der Waals surface area contributed by atoms with Crippen molar-refractivity contribution in [1.29, 1.82) is 0 Å². The fourth-order valence-corrected chi connectivity index (χ4v) is 2.22. The van der Waals surface area contributed by atoms with E-state index in [9.17, 15) is 14.4 Å². The van der Waals surface area contributed by atoms with E-state index >= 15 is 0 Å². The van der Waals surface area contributed by atoms with Crippen LogP contribution in [0.25, 0.3) is 0 Å². The number of carbonyl (C=O) groups is 2. The van der Waals surface area contributed by atoms with Crippen LogP contribution >= 0.6 is 0 Å². The zero-order valence-corrected chi connectivity index (χ0v) is 11.8. The van der Waals surface area contributed by atoms with Gasteiger partial charge in [0.1, 0.15) is 6.04 Å². The summed E-state index contributed by atoms with van der Waals surface area (Å²) in [6.45, 7) is 2.64. The molecule has 114 valence electrons. The number of pyridine rings is 1. The third kappa shape index (κ3) is 3.42. The van der Waals surface area contributed by atoms with Gasteiger partial charge in [-0.1, -0.05) is 0 Å². The molecule has 1 saturated heterocycles. The molecule has 0 spiro atoms. The Balaban J connectivity index is 2.07. The van der Waals surface area contributed by atoms with Crippen molar-refractivity contribution >= 4 is 11.9 Å². The predicted molar refractivity (Wildman–Crippen MR) is 74.4 cm³/mol. The molecule has 1 fully saturated rings. The molecule has 2 heterocycles. The van der Waals surface area contributed by atoms with Gasteiger partial charge in [0.15, 0.2) is 12.4 Å². The van der Waals surface area contributed by atoms with E-state index in [1.807, 2.05) is 0 Å². The smallest absolute Gasteiger partial charge is 0.326 e. The van der Waals surface area contributed by atoms with Crippen molar-refractivity contribution in [2.45, 2.75) is 25.8 Å². The molecule has 7 nitrogen and oxygen atoms in total. The monoisotopic (exact) mass is 294 g/mol. The third-order valence-corrected chi connectivity index (χ3v) is 3.52. The molecule has 0 aliphatic carbocycles. The van der Waals surface area contributed by atoms with Gasteiger partial charge in [0.05, 0.1) is 0 Å². The van der Waals surface area contributed by atoms with Crippen LogP contribution in [-0.4, -0.2) is 46.1 Å². The largest absolute Gasteiger partial charge is 0.480 e. The number of ether oxygens (including phenoxy) is 1. The van der Waals surface area contributed by atoms with Crippen molar-refractivity contribution in [3.05, 3.63) is 28.7 Å². The normalized spacial score (nSPS) is 15.8. The second kappa shape index (κ2) is 6.43. The van der Waals surface area contributed by atoms with Crippen molar-refractivity contribution in [3.63, 3.8) is 0 Å². The number of rotatable bonds is 5. The third-order valence-electron chi connectivity index (χ3n) is 3.52. The Kier molecular flexibility index (Phi) is 4.62. The number of likely N-dealkylation sites (tertiary alicyclic amines) is 1. The summed E-state index contributed by atoms with van der Waals surface area (Å²) in [6.07, 6.45) is 3.36. The van der Waals surface area contributed by atoms with Crippen LogP contribution in [0.3, 0.4) is 0 Å². The Morgan fingerprint density at radius 2 is 2.05 bits per heavy atom. The van der Waals surface area contributed by atoms with E-state index in [-0.39, 0.29) is 18.3 Å². The molecular formula is C14H18N2O5. The number of hydrogen-bond acceptors (Lipinski definition) is 4. The van der Waals surface area contributed by atoms with Gasteiger partial charge in [-0.15, -0.1) is 0 Å². The van der Waals surface area contributed by atoms with E-state index in [0.29, 0.717) is 0 Å². The minimum atomic E-state index is -1.11. The highest BCUT2D eigenvalue weighted by Gasteiger charge is 2.20. The van der Waals surface area contributed by atoms with Crippen LogP contribution in [0, 0.1) is 0 Å². The van der Waals surface area contributed by atoms with Crippen molar-refractivity contribution in [2.24, 2.45) is 0 Å². The van der Waals surface area contributed by atoms with Gasteiger partial charge in [-0.3, -0.25) is 14.2 Å². The Morgan fingerprint density at radius 3 is 2.67 bits per heavy atom. The van der Waals surface area contributed by atoms with E-state index < -0.39 is 17.6 Å². The SMILES string of the molecule is CC(C(=O)O)n1cccc(OCC(=O)N2CCCC2)c1=O. The zero-order chi connectivity index (χ0) is 15.4. The fraction of sp³-hybridized carbons (Fsp3) is 0.500. The molecule has 1 atom stereocenters. The number of carboxylic acid groups (broad SMARTS) is 1. The summed E-state index contributed by atoms with van der Waals surface area (Å²) in [7, 11) is 0. The molecule has 1 N–H and O–H groups in total. The second-order valence-corrected chi connectivity index (χ2v) is 4.98. The summed E-state index contributed by atoms with van der Waals surface area (Å²) in [6, 6.07) is 1.97. The van der Waals surface area contributed by atoms with Crippen LogP contribution in [0.1, 0.15) is 25.8 Å². The molecule has 1 aromatic heterocycles. The number of amides is 1. The number of carboxylic acids is 1. The maximum absolute atomic E-state index is 12.1. The quantitative estimate of drug-likeness (QED) is 0.854. The molecule has 2 rings (SSSR count). The average molecular weight is 294 g/mol. The van der Waals surface area contributed by atoms with Crippen molar-refractivity contribution in [3.8, 4) is 5.75 Å². The summed E-state index contributed by atoms with van der Waals surface area (Å²) >= 11 is 0. The molecule has 1 aromatic rings. The van der Waals surface area contributed by atoms with E-state index in [1.54, 1.807) is 4.90 Å². The Labute approximate surface area is 121 Å². The minimum absolute atomic E-state index is 0.0156. The minimum Gasteiger partial charge on any atom is -0.480 e. The van der Waals surface area contributed by atoms with Crippen molar-refractivity contribution in [2.75, 3.05) is 19.7 Å². The molecule has 1 aliphatic rings. The number of carbonyl (C=O) groups excluding carboxylic acids is 1. The van der Waals surface area contributed by atoms with Crippen LogP contribution in [0.15, 0.2) is 23.1 Å². The van der Waals surface area contributed by atoms with Crippen molar-refractivity contribution in [1.82, 2.24) is 9.47 Å². The summed E-state index contributed by atoms with van der Waals surface area (Å²) in [5.41, 5.74) is -0.554. The van der Waals surface area contributed by atoms with Gasteiger partial charge in [-0.05, 0) is 31.9 Å². The predicted octanol–water partition coefficient (Wildman–Crippen LogP) is 0.495. The van der Waals surface area contributed by atoms with Gasteiger partial charge >= 0.3 is 5.97 Å². The van der Waals surface area contributed by atoms with E-state index in [1.165, 1.54) is 25.3 Å². The lowest BCUT2D eigenvalue weighted by molar-refractivity contribution is -0.140. The topological polar surface area (TPSA) is 88.8 Å². The number of aromatic nitrogens is 1. The van der Waals surface area contributed by atoms with Gasteiger partial charge in [-0.2, -0.15) is 0 Å². The highest BCUT2D eigenvalue weighted by atomic mass is 16.5. The lowest BCUT2D eigenvalue weighted by Crippen LogP contribution is -2.34. The second-order valence-electron chi connectivity index (χ2n) is 4.98. The number of aliphatic carboxylic acids is 1. The number of hydrogen-bond donors (Lipinski definition) is 1. The summed E-state index contributed by atoms with van der Waals surface area (Å²) < 4.78 is 6.33. The first-order valence-electron chi connectivity index (χ1n) is 6.85. The van der Waals surface area contributed by atoms with Gasteiger partial charge in [0.2, 0.25) is 0 Å².